The van der Waals surface area contributed by atoms with Gasteiger partial charge in [0.25, 0.3) is 0 Å². The van der Waals surface area contributed by atoms with Gasteiger partial charge in [-0.15, -0.1) is 0 Å². The molecule has 0 amide bonds. The first-order valence-electron chi connectivity index (χ1n) is 14.0. The first-order chi connectivity index (χ1) is 21.3. The number of aliphatic hydroxyl groups is 4. The largest absolute Gasteiger partial charge is 0.508 e. The molecule has 3 aromatic rings. The highest BCUT2D eigenvalue weighted by Gasteiger charge is 2.56. The van der Waals surface area contributed by atoms with E-state index in [0.717, 1.165) is 6.07 Å². The number of carboxylic acids is 1. The fourth-order valence-corrected chi connectivity index (χ4v) is 6.42. The minimum atomic E-state index is -2.51. The zero-order valence-electron chi connectivity index (χ0n) is 23.3. The van der Waals surface area contributed by atoms with Crippen LogP contribution < -0.4 is 9.47 Å². The quantitative estimate of drug-likeness (QED) is 0.142. The van der Waals surface area contributed by atoms with Crippen LogP contribution in [0.3, 0.4) is 0 Å². The molecule has 3 aliphatic rings. The lowest BCUT2D eigenvalue weighted by atomic mass is 9.71. The molecule has 0 bridgehead atoms. The number of carbonyl (C=O) groups excluding carboxylic acids is 1. The number of aliphatic hydroxyl groups excluding tert-OH is 3. The Hall–Kier alpha value is -4.76. The maximum Gasteiger partial charge on any atom is 0.335 e. The summed E-state index contributed by atoms with van der Waals surface area (Å²) in [6.07, 6.45) is -10.7. The third-order valence-corrected chi connectivity index (χ3v) is 8.67. The first kappa shape index (κ1) is 30.3. The van der Waals surface area contributed by atoms with Crippen LogP contribution in [0.4, 0.5) is 0 Å². The summed E-state index contributed by atoms with van der Waals surface area (Å²) < 4.78 is 17.8. The topological polar surface area (TPSA) is 244 Å². The average Bonchev–Trinajstić information content (AvgIpc) is 2.98. The second-order valence-corrected chi connectivity index (χ2v) is 11.6. The molecule has 0 unspecified atom stereocenters. The molecule has 1 saturated carbocycles. The Morgan fingerprint density at radius 2 is 1.38 bits per heavy atom. The number of hydrogen-bond acceptors (Lipinski definition) is 13. The van der Waals surface area contributed by atoms with E-state index in [9.17, 15) is 55.5 Å². The van der Waals surface area contributed by atoms with Crippen LogP contribution in [0.25, 0.3) is 0 Å². The summed E-state index contributed by atoms with van der Waals surface area (Å²) in [5, 5.41) is 93.4. The van der Waals surface area contributed by atoms with E-state index >= 15 is 0 Å². The molecule has 3 aromatic carbocycles. The Morgan fingerprint density at radius 1 is 0.756 bits per heavy atom. The van der Waals surface area contributed by atoms with Crippen LogP contribution in [-0.2, 0) is 14.3 Å². The van der Waals surface area contributed by atoms with Crippen LogP contribution in [0.5, 0.6) is 34.5 Å². The zero-order valence-corrected chi connectivity index (χ0v) is 23.3. The van der Waals surface area contributed by atoms with Gasteiger partial charge in [-0.1, -0.05) is 18.2 Å². The molecule has 2 aliphatic heterocycles. The molecule has 9 atom stereocenters. The van der Waals surface area contributed by atoms with E-state index in [1.165, 1.54) is 48.5 Å². The highest BCUT2D eigenvalue weighted by Crippen LogP contribution is 2.58. The number of rotatable bonds is 5. The van der Waals surface area contributed by atoms with Crippen LogP contribution in [0.2, 0.25) is 0 Å². The van der Waals surface area contributed by atoms with E-state index in [4.69, 9.17) is 14.2 Å². The summed E-state index contributed by atoms with van der Waals surface area (Å²) in [5.74, 6) is -6.69. The van der Waals surface area contributed by atoms with Crippen molar-refractivity contribution in [3.63, 3.8) is 0 Å². The molecule has 1 aliphatic carbocycles. The van der Waals surface area contributed by atoms with Crippen LogP contribution in [0.1, 0.15) is 47.7 Å². The summed E-state index contributed by atoms with van der Waals surface area (Å²) >= 11 is 0. The van der Waals surface area contributed by atoms with E-state index in [1.54, 1.807) is 0 Å². The number of aliphatic carboxylic acids is 1. The fraction of sp³-hybridized carbons (Fsp3) is 0.355. The van der Waals surface area contributed by atoms with Crippen molar-refractivity contribution in [1.29, 1.82) is 0 Å². The minimum absolute atomic E-state index is 0.0215. The molecule has 0 radical (unpaired) electrons. The normalized spacial score (nSPS) is 32.0. The van der Waals surface area contributed by atoms with E-state index < -0.39 is 90.3 Å². The van der Waals surface area contributed by atoms with Gasteiger partial charge in [0.2, 0.25) is 0 Å². The molecule has 0 saturated heterocycles. The Bertz CT molecular complexity index is 1640. The van der Waals surface area contributed by atoms with Gasteiger partial charge in [-0.2, -0.15) is 0 Å². The van der Waals surface area contributed by atoms with Crippen molar-refractivity contribution in [3.8, 4) is 34.5 Å². The number of hydrogen-bond donors (Lipinski definition) is 9. The molecule has 45 heavy (non-hydrogen) atoms. The van der Waals surface area contributed by atoms with Crippen molar-refractivity contribution in [2.75, 3.05) is 0 Å². The maximum absolute atomic E-state index is 14.2. The van der Waals surface area contributed by atoms with Gasteiger partial charge < -0.3 is 60.2 Å². The third-order valence-electron chi connectivity index (χ3n) is 8.67. The first-order valence-corrected chi connectivity index (χ1v) is 14.0. The van der Waals surface area contributed by atoms with E-state index in [0.29, 0.717) is 5.56 Å². The second kappa shape index (κ2) is 11.0. The van der Waals surface area contributed by atoms with Crippen molar-refractivity contribution in [2.24, 2.45) is 5.92 Å². The highest BCUT2D eigenvalue weighted by atomic mass is 16.6. The molecule has 14 nitrogen and oxygen atoms in total. The lowest BCUT2D eigenvalue weighted by molar-refractivity contribution is -0.203. The number of esters is 1. The molecule has 6 rings (SSSR count). The van der Waals surface area contributed by atoms with Gasteiger partial charge in [0.1, 0.15) is 53.3 Å². The summed E-state index contributed by atoms with van der Waals surface area (Å²) in [4.78, 5) is 25.9. The number of carbonyl (C=O) groups is 2. The minimum Gasteiger partial charge on any atom is -0.508 e. The predicted molar refractivity (Wildman–Crippen MR) is 149 cm³/mol. The Kier molecular flexibility index (Phi) is 7.40. The predicted octanol–water partition coefficient (Wildman–Crippen LogP) is 1.08. The Morgan fingerprint density at radius 3 is 2.00 bits per heavy atom. The van der Waals surface area contributed by atoms with Gasteiger partial charge in [0, 0.05) is 36.5 Å². The number of benzene rings is 3. The number of phenolic OH excluding ortho intramolecular Hbond substituents is 4. The molecule has 1 fully saturated rings. The van der Waals surface area contributed by atoms with Gasteiger partial charge in [0.15, 0.2) is 23.2 Å². The Balaban J connectivity index is 1.47. The molecule has 9 N–H and O–H groups in total. The van der Waals surface area contributed by atoms with E-state index in [1.807, 2.05) is 0 Å². The molecule has 0 aromatic heterocycles. The number of carboxylic acid groups (broad SMARTS) is 1. The van der Waals surface area contributed by atoms with Crippen LogP contribution in [-0.4, -0.2) is 87.9 Å². The lowest BCUT2D eigenvalue weighted by Gasteiger charge is -2.46. The van der Waals surface area contributed by atoms with Crippen LogP contribution >= 0.6 is 0 Å². The fourth-order valence-electron chi connectivity index (χ4n) is 6.42. The summed E-state index contributed by atoms with van der Waals surface area (Å²) in [7, 11) is 0. The van der Waals surface area contributed by atoms with Crippen molar-refractivity contribution >= 4 is 11.9 Å². The zero-order chi connectivity index (χ0) is 32.4. The third kappa shape index (κ3) is 5.21. The molecule has 2 heterocycles. The van der Waals surface area contributed by atoms with Gasteiger partial charge in [-0.05, 0) is 35.4 Å². The van der Waals surface area contributed by atoms with Crippen molar-refractivity contribution < 1.29 is 69.8 Å². The smallest absolute Gasteiger partial charge is 0.335 e. The van der Waals surface area contributed by atoms with Crippen LogP contribution in [0, 0.1) is 5.92 Å². The summed E-state index contributed by atoms with van der Waals surface area (Å²) in [6.45, 7) is 0. The van der Waals surface area contributed by atoms with Gasteiger partial charge in [0.05, 0.1) is 6.10 Å². The molecule has 0 spiro atoms. The molecule has 14 heteroatoms. The SMILES string of the molecule is O=C(O[C@H]1C[C@@](O)(C(=O)O)C[C@H](O)[C@@H]1O)[C@@H]1[C@@H]2c3c(cc(O)cc3O[C@H]1c1ccc(O)cc1)O[C@@H](c1ccc(O)c(O)c1)[C@H]2O. The molecular formula is C31H30O14. The van der Waals surface area contributed by atoms with E-state index in [2.05, 4.69) is 0 Å². The van der Waals surface area contributed by atoms with Crippen molar-refractivity contribution in [1.82, 2.24) is 0 Å². The monoisotopic (exact) mass is 626 g/mol. The van der Waals surface area contributed by atoms with Crippen LogP contribution in [0.15, 0.2) is 54.6 Å². The highest BCUT2D eigenvalue weighted by molar-refractivity contribution is 5.79. The maximum atomic E-state index is 14.2. The van der Waals surface area contributed by atoms with Crippen molar-refractivity contribution in [2.45, 2.75) is 61.0 Å². The number of ether oxygens (including phenoxy) is 3. The Labute approximate surface area is 254 Å². The average molecular weight is 627 g/mol. The van der Waals surface area contributed by atoms with Crippen molar-refractivity contribution in [3.05, 3.63) is 71.3 Å². The van der Waals surface area contributed by atoms with Gasteiger partial charge in [-0.25, -0.2) is 4.79 Å². The summed E-state index contributed by atoms with van der Waals surface area (Å²) in [5.41, 5.74) is -1.80. The molecular weight excluding hydrogens is 596 g/mol. The van der Waals surface area contributed by atoms with Gasteiger partial charge in [-0.3, -0.25) is 4.79 Å². The number of phenols is 4. The standard InChI is InChI=1S/C31H30O14/c32-14-4-1-12(2-5-14)27-24(29(39)45-21-11-31(42,30(40)41)10-18(36)25(21)37)23-22-19(43-27)8-15(33)9-20(22)44-28(26(23)38)13-3-6-16(34)17(35)7-13/h1-9,18,21,23-28,32-38,42H,10-11H2,(H,40,41)/t18-,21-,23-,24+,25-,26-,27-,28-,31+/m0/s1. The van der Waals surface area contributed by atoms with Gasteiger partial charge >= 0.3 is 11.9 Å². The molecule has 238 valence electrons. The summed E-state index contributed by atoms with van der Waals surface area (Å²) in [6, 6.07) is 11.8. The second-order valence-electron chi connectivity index (χ2n) is 11.6. The van der Waals surface area contributed by atoms with E-state index in [-0.39, 0.29) is 34.1 Å². The lowest BCUT2D eigenvalue weighted by Crippen LogP contribution is -2.57. The number of aromatic hydroxyl groups is 4.